The summed E-state index contributed by atoms with van der Waals surface area (Å²) in [5, 5.41) is 18.6. The van der Waals surface area contributed by atoms with E-state index in [2.05, 4.69) is 0 Å². The van der Waals surface area contributed by atoms with Gasteiger partial charge in [-0.1, -0.05) is 12.1 Å². The highest BCUT2D eigenvalue weighted by molar-refractivity contribution is 8.00. The van der Waals surface area contributed by atoms with Crippen LogP contribution in [0.5, 0.6) is 5.75 Å². The molecule has 1 aromatic carbocycles. The normalized spacial score (nSPS) is 25.0. The Labute approximate surface area is 126 Å². The van der Waals surface area contributed by atoms with Crippen molar-refractivity contribution in [1.82, 2.24) is 4.90 Å². The number of amides is 1. The summed E-state index contributed by atoms with van der Waals surface area (Å²) < 4.78 is 0. The van der Waals surface area contributed by atoms with Crippen molar-refractivity contribution in [2.75, 3.05) is 5.75 Å². The van der Waals surface area contributed by atoms with Gasteiger partial charge in [0.25, 0.3) is 0 Å². The largest absolute Gasteiger partial charge is 0.508 e. The van der Waals surface area contributed by atoms with E-state index in [1.165, 1.54) is 12.1 Å². The first-order valence-corrected chi connectivity index (χ1v) is 8.04. The predicted octanol–water partition coefficient (Wildman–Crippen LogP) is 1.70. The van der Waals surface area contributed by atoms with Crippen molar-refractivity contribution in [2.24, 2.45) is 5.92 Å². The molecule has 0 radical (unpaired) electrons. The van der Waals surface area contributed by atoms with Crippen molar-refractivity contribution in [3.8, 4) is 5.75 Å². The van der Waals surface area contributed by atoms with Crippen LogP contribution >= 0.6 is 11.8 Å². The van der Waals surface area contributed by atoms with Crippen LogP contribution in [0.25, 0.3) is 0 Å². The van der Waals surface area contributed by atoms with Crippen LogP contribution in [0.1, 0.15) is 18.4 Å². The molecule has 1 aromatic rings. The van der Waals surface area contributed by atoms with Crippen LogP contribution in [0.15, 0.2) is 24.3 Å². The van der Waals surface area contributed by atoms with Gasteiger partial charge < -0.3 is 15.1 Å². The lowest BCUT2D eigenvalue weighted by Gasteiger charge is -2.27. The number of aromatic hydroxyl groups is 1. The van der Waals surface area contributed by atoms with Gasteiger partial charge >= 0.3 is 5.97 Å². The average molecular weight is 307 g/mol. The number of thioether (sulfide) groups is 1. The van der Waals surface area contributed by atoms with Crippen molar-refractivity contribution < 1.29 is 19.8 Å². The Balaban J connectivity index is 1.76. The number of nitrogens with zero attached hydrogens (tertiary/aromatic N) is 1. The SMILES string of the molecule is O=C(O)C1CSC(C2CC2)N1C(=O)Cc1ccc(O)cc1. The van der Waals surface area contributed by atoms with E-state index in [1.54, 1.807) is 28.8 Å². The Morgan fingerprint density at radius 3 is 2.48 bits per heavy atom. The van der Waals surface area contributed by atoms with Gasteiger partial charge in [0, 0.05) is 5.75 Å². The number of carbonyl (C=O) groups is 2. The molecule has 2 aliphatic rings. The molecule has 1 saturated heterocycles. The third-order valence-electron chi connectivity index (χ3n) is 3.92. The van der Waals surface area contributed by atoms with E-state index in [-0.39, 0.29) is 23.5 Å². The molecule has 1 amide bonds. The first kappa shape index (κ1) is 14.3. The summed E-state index contributed by atoms with van der Waals surface area (Å²) in [7, 11) is 0. The van der Waals surface area contributed by atoms with Crippen LogP contribution in [-0.4, -0.2) is 44.2 Å². The molecule has 0 aromatic heterocycles. The number of aliphatic carboxylic acids is 1. The summed E-state index contributed by atoms with van der Waals surface area (Å²) >= 11 is 1.58. The van der Waals surface area contributed by atoms with E-state index in [4.69, 9.17) is 0 Å². The molecule has 0 spiro atoms. The molecular weight excluding hydrogens is 290 g/mol. The Hall–Kier alpha value is -1.69. The minimum atomic E-state index is -0.926. The molecule has 1 aliphatic heterocycles. The number of carboxylic acid groups (broad SMARTS) is 1. The van der Waals surface area contributed by atoms with Gasteiger partial charge in [-0.3, -0.25) is 4.79 Å². The third-order valence-corrected chi connectivity index (χ3v) is 5.39. The van der Waals surface area contributed by atoms with E-state index in [9.17, 15) is 19.8 Å². The van der Waals surface area contributed by atoms with Gasteiger partial charge in [0.1, 0.15) is 11.8 Å². The summed E-state index contributed by atoms with van der Waals surface area (Å²) in [6.07, 6.45) is 2.33. The molecule has 21 heavy (non-hydrogen) atoms. The molecule has 2 fully saturated rings. The monoisotopic (exact) mass is 307 g/mol. The van der Waals surface area contributed by atoms with Crippen LogP contribution < -0.4 is 0 Å². The fraction of sp³-hybridized carbons (Fsp3) is 0.467. The van der Waals surface area contributed by atoms with Crippen LogP contribution in [0.3, 0.4) is 0 Å². The molecular formula is C15H17NO4S. The topological polar surface area (TPSA) is 77.8 Å². The minimum Gasteiger partial charge on any atom is -0.508 e. The van der Waals surface area contributed by atoms with Crippen LogP contribution in [-0.2, 0) is 16.0 Å². The highest BCUT2D eigenvalue weighted by Crippen LogP contribution is 2.45. The van der Waals surface area contributed by atoms with E-state index in [0.717, 1.165) is 18.4 Å². The number of carboxylic acids is 1. The van der Waals surface area contributed by atoms with Crippen molar-refractivity contribution in [2.45, 2.75) is 30.7 Å². The summed E-state index contributed by atoms with van der Waals surface area (Å²) in [6, 6.07) is 5.74. The Bertz CT molecular complexity index is 555. The van der Waals surface area contributed by atoms with E-state index in [1.807, 2.05) is 0 Å². The molecule has 1 heterocycles. The first-order valence-electron chi connectivity index (χ1n) is 7.00. The second-order valence-corrected chi connectivity index (χ2v) is 6.71. The van der Waals surface area contributed by atoms with Gasteiger partial charge in [0.15, 0.2) is 0 Å². The van der Waals surface area contributed by atoms with Gasteiger partial charge in [-0.05, 0) is 36.5 Å². The Morgan fingerprint density at radius 2 is 1.90 bits per heavy atom. The lowest BCUT2D eigenvalue weighted by molar-refractivity contribution is -0.149. The van der Waals surface area contributed by atoms with Crippen LogP contribution in [0, 0.1) is 5.92 Å². The summed E-state index contributed by atoms with van der Waals surface area (Å²) in [4.78, 5) is 25.5. The predicted molar refractivity (Wildman–Crippen MR) is 79.1 cm³/mol. The van der Waals surface area contributed by atoms with Gasteiger partial charge in [-0.25, -0.2) is 4.79 Å². The standard InChI is InChI=1S/C15H17NO4S/c17-11-5-1-9(2-6-11)7-13(18)16-12(15(19)20)8-21-14(16)10-3-4-10/h1-2,5-6,10,12,14,17H,3-4,7-8H2,(H,19,20). The zero-order chi connectivity index (χ0) is 15.0. The number of hydrogen-bond donors (Lipinski definition) is 2. The Morgan fingerprint density at radius 1 is 1.24 bits per heavy atom. The smallest absolute Gasteiger partial charge is 0.327 e. The highest BCUT2D eigenvalue weighted by Gasteiger charge is 2.47. The maximum atomic E-state index is 12.5. The van der Waals surface area contributed by atoms with Crippen LogP contribution in [0.4, 0.5) is 0 Å². The number of carbonyl (C=O) groups excluding carboxylic acids is 1. The second-order valence-electron chi connectivity index (χ2n) is 5.56. The fourth-order valence-corrected chi connectivity index (χ4v) is 4.31. The molecule has 3 rings (SSSR count). The van der Waals surface area contributed by atoms with Crippen molar-refractivity contribution in [3.05, 3.63) is 29.8 Å². The number of phenolic OH excluding ortho intramolecular Hbond substituents is 1. The van der Waals surface area contributed by atoms with Crippen LogP contribution in [0.2, 0.25) is 0 Å². The fourth-order valence-electron chi connectivity index (χ4n) is 2.66. The van der Waals surface area contributed by atoms with Crippen molar-refractivity contribution >= 4 is 23.6 Å². The Kier molecular flexibility index (Phi) is 3.80. The van der Waals surface area contributed by atoms with E-state index in [0.29, 0.717) is 11.7 Å². The molecule has 1 saturated carbocycles. The number of hydrogen-bond acceptors (Lipinski definition) is 4. The third kappa shape index (κ3) is 3.00. The minimum absolute atomic E-state index is 0.00992. The van der Waals surface area contributed by atoms with Crippen molar-refractivity contribution in [1.29, 1.82) is 0 Å². The molecule has 2 N–H and O–H groups in total. The maximum Gasteiger partial charge on any atom is 0.327 e. The van der Waals surface area contributed by atoms with Gasteiger partial charge in [-0.2, -0.15) is 0 Å². The number of benzene rings is 1. The number of phenols is 1. The number of rotatable bonds is 4. The molecule has 2 atom stereocenters. The average Bonchev–Trinajstić information content (AvgIpc) is 3.19. The molecule has 5 nitrogen and oxygen atoms in total. The van der Waals surface area contributed by atoms with E-state index < -0.39 is 12.0 Å². The molecule has 6 heteroatoms. The first-order chi connectivity index (χ1) is 10.1. The van der Waals surface area contributed by atoms with Gasteiger partial charge in [0.05, 0.1) is 11.8 Å². The summed E-state index contributed by atoms with van der Waals surface area (Å²) in [5.41, 5.74) is 0.786. The van der Waals surface area contributed by atoms with Gasteiger partial charge in [0.2, 0.25) is 5.91 Å². The molecule has 1 aliphatic carbocycles. The highest BCUT2D eigenvalue weighted by atomic mass is 32.2. The van der Waals surface area contributed by atoms with Crippen molar-refractivity contribution in [3.63, 3.8) is 0 Å². The lowest BCUT2D eigenvalue weighted by atomic mass is 10.1. The molecule has 0 bridgehead atoms. The second kappa shape index (κ2) is 5.60. The maximum absolute atomic E-state index is 12.5. The quantitative estimate of drug-likeness (QED) is 0.885. The summed E-state index contributed by atoms with van der Waals surface area (Å²) in [5.74, 6) is 0.00247. The zero-order valence-electron chi connectivity index (χ0n) is 11.4. The lowest BCUT2D eigenvalue weighted by Crippen LogP contribution is -2.46. The van der Waals surface area contributed by atoms with E-state index >= 15 is 0 Å². The summed E-state index contributed by atoms with van der Waals surface area (Å²) in [6.45, 7) is 0. The molecule has 112 valence electrons. The van der Waals surface area contributed by atoms with Gasteiger partial charge in [-0.15, -0.1) is 11.8 Å². The zero-order valence-corrected chi connectivity index (χ0v) is 12.3. The molecule has 2 unspecified atom stereocenters.